The summed E-state index contributed by atoms with van der Waals surface area (Å²) in [6.07, 6.45) is 1.77. The second kappa shape index (κ2) is 4.49. The number of rotatable bonds is 4. The number of carboxylic acid groups (broad SMARTS) is 1. The molecule has 0 aromatic heterocycles. The first-order chi connectivity index (χ1) is 6.89. The van der Waals surface area contributed by atoms with Crippen LogP contribution in [-0.4, -0.2) is 42.1 Å². The van der Waals surface area contributed by atoms with Crippen LogP contribution in [0.3, 0.4) is 0 Å². The lowest BCUT2D eigenvalue weighted by atomic mass is 10.1. The molecule has 2 atom stereocenters. The molecule has 0 radical (unpaired) electrons. The number of hydrogen-bond donors (Lipinski definition) is 1. The van der Waals surface area contributed by atoms with Crippen LogP contribution in [0.2, 0.25) is 0 Å². The van der Waals surface area contributed by atoms with Crippen molar-refractivity contribution in [1.82, 2.24) is 4.31 Å². The SMILES string of the molecule is CCC1CCN(S(=O)(=O)C(C)C(=O)O)C1. The lowest BCUT2D eigenvalue weighted by Crippen LogP contribution is -2.39. The van der Waals surface area contributed by atoms with Crippen molar-refractivity contribution in [1.29, 1.82) is 0 Å². The fourth-order valence-electron chi connectivity index (χ4n) is 1.71. The van der Waals surface area contributed by atoms with Gasteiger partial charge in [0.1, 0.15) is 0 Å². The number of nitrogens with zero attached hydrogens (tertiary/aromatic N) is 1. The molecule has 1 rings (SSSR count). The van der Waals surface area contributed by atoms with Gasteiger partial charge in [-0.2, -0.15) is 0 Å². The quantitative estimate of drug-likeness (QED) is 0.771. The van der Waals surface area contributed by atoms with E-state index in [1.165, 1.54) is 11.2 Å². The van der Waals surface area contributed by atoms with E-state index >= 15 is 0 Å². The van der Waals surface area contributed by atoms with Gasteiger partial charge in [0.15, 0.2) is 5.25 Å². The predicted octanol–water partition coefficient (Wildman–Crippen LogP) is 0.521. The highest BCUT2D eigenvalue weighted by Crippen LogP contribution is 2.23. The van der Waals surface area contributed by atoms with E-state index in [9.17, 15) is 13.2 Å². The molecule has 0 saturated carbocycles. The van der Waals surface area contributed by atoms with Gasteiger partial charge in [0.25, 0.3) is 0 Å². The van der Waals surface area contributed by atoms with Crippen LogP contribution in [0.4, 0.5) is 0 Å². The van der Waals surface area contributed by atoms with Crippen LogP contribution >= 0.6 is 0 Å². The van der Waals surface area contributed by atoms with Gasteiger partial charge >= 0.3 is 5.97 Å². The second-order valence-electron chi connectivity index (χ2n) is 3.95. The Morgan fingerprint density at radius 1 is 1.60 bits per heavy atom. The fourth-order valence-corrected chi connectivity index (χ4v) is 3.19. The Kier molecular flexibility index (Phi) is 3.72. The Morgan fingerprint density at radius 2 is 2.20 bits per heavy atom. The highest BCUT2D eigenvalue weighted by Gasteiger charge is 2.37. The second-order valence-corrected chi connectivity index (χ2v) is 6.20. The molecule has 1 aliphatic heterocycles. The van der Waals surface area contributed by atoms with E-state index in [1.807, 2.05) is 6.92 Å². The van der Waals surface area contributed by atoms with Gasteiger partial charge in [-0.25, -0.2) is 12.7 Å². The van der Waals surface area contributed by atoms with E-state index in [1.54, 1.807) is 0 Å². The summed E-state index contributed by atoms with van der Waals surface area (Å²) in [5.74, 6) is -0.907. The van der Waals surface area contributed by atoms with Crippen molar-refractivity contribution in [3.8, 4) is 0 Å². The molecule has 6 heteroatoms. The Hall–Kier alpha value is -0.620. The van der Waals surface area contributed by atoms with Gasteiger partial charge in [-0.3, -0.25) is 4.79 Å². The molecular formula is C9H17NO4S. The van der Waals surface area contributed by atoms with Crippen molar-refractivity contribution in [2.24, 2.45) is 5.92 Å². The van der Waals surface area contributed by atoms with Crippen molar-refractivity contribution < 1.29 is 18.3 Å². The molecule has 1 aliphatic rings. The molecule has 1 heterocycles. The maximum Gasteiger partial charge on any atom is 0.323 e. The number of carboxylic acids is 1. The molecule has 0 amide bonds. The minimum Gasteiger partial charge on any atom is -0.480 e. The minimum absolute atomic E-state index is 0.376. The van der Waals surface area contributed by atoms with Crippen molar-refractivity contribution in [2.45, 2.75) is 31.9 Å². The molecule has 2 unspecified atom stereocenters. The van der Waals surface area contributed by atoms with Gasteiger partial charge in [0.05, 0.1) is 0 Å². The number of carbonyl (C=O) groups is 1. The largest absolute Gasteiger partial charge is 0.480 e. The van der Waals surface area contributed by atoms with E-state index in [2.05, 4.69) is 0 Å². The van der Waals surface area contributed by atoms with Crippen molar-refractivity contribution in [3.63, 3.8) is 0 Å². The normalized spacial score (nSPS) is 25.3. The van der Waals surface area contributed by atoms with Gasteiger partial charge in [0.2, 0.25) is 10.0 Å². The summed E-state index contributed by atoms with van der Waals surface area (Å²) in [7, 11) is -3.65. The summed E-state index contributed by atoms with van der Waals surface area (Å²) in [6, 6.07) is 0. The van der Waals surface area contributed by atoms with Crippen molar-refractivity contribution >= 4 is 16.0 Å². The molecule has 0 bridgehead atoms. The average molecular weight is 235 g/mol. The maximum absolute atomic E-state index is 11.8. The number of sulfonamides is 1. The van der Waals surface area contributed by atoms with Gasteiger partial charge in [-0.15, -0.1) is 0 Å². The number of aliphatic carboxylic acids is 1. The first-order valence-corrected chi connectivity index (χ1v) is 6.61. The molecular weight excluding hydrogens is 218 g/mol. The smallest absolute Gasteiger partial charge is 0.323 e. The predicted molar refractivity (Wildman–Crippen MR) is 56.0 cm³/mol. The monoisotopic (exact) mass is 235 g/mol. The van der Waals surface area contributed by atoms with Crippen molar-refractivity contribution in [2.75, 3.05) is 13.1 Å². The Labute approximate surface area is 90.1 Å². The molecule has 1 saturated heterocycles. The molecule has 0 aliphatic carbocycles. The van der Waals surface area contributed by atoms with E-state index in [4.69, 9.17) is 5.11 Å². The summed E-state index contributed by atoms with van der Waals surface area (Å²) < 4.78 is 24.9. The molecule has 0 aromatic rings. The van der Waals surface area contributed by atoms with Crippen LogP contribution in [0.5, 0.6) is 0 Å². The standard InChI is InChI=1S/C9H17NO4S/c1-3-8-4-5-10(6-8)15(13,14)7(2)9(11)12/h7-8H,3-6H2,1-2H3,(H,11,12). The van der Waals surface area contributed by atoms with Gasteiger partial charge < -0.3 is 5.11 Å². The van der Waals surface area contributed by atoms with Crippen LogP contribution in [-0.2, 0) is 14.8 Å². The average Bonchev–Trinajstić information content (AvgIpc) is 2.65. The first kappa shape index (κ1) is 12.4. The lowest BCUT2D eigenvalue weighted by Gasteiger charge is -2.18. The highest BCUT2D eigenvalue weighted by atomic mass is 32.2. The maximum atomic E-state index is 11.8. The molecule has 15 heavy (non-hydrogen) atoms. The third-order valence-corrected chi connectivity index (χ3v) is 5.13. The summed E-state index contributed by atoms with van der Waals surface area (Å²) >= 11 is 0. The molecule has 1 N–H and O–H groups in total. The van der Waals surface area contributed by atoms with E-state index < -0.39 is 21.2 Å². The van der Waals surface area contributed by atoms with Crippen LogP contribution in [0, 0.1) is 5.92 Å². The zero-order chi connectivity index (χ0) is 11.6. The molecule has 5 nitrogen and oxygen atoms in total. The Bertz CT molecular complexity index is 338. The zero-order valence-corrected chi connectivity index (χ0v) is 9.83. The van der Waals surface area contributed by atoms with Crippen LogP contribution in [0.15, 0.2) is 0 Å². The van der Waals surface area contributed by atoms with Crippen molar-refractivity contribution in [3.05, 3.63) is 0 Å². The molecule has 1 fully saturated rings. The topological polar surface area (TPSA) is 74.7 Å². The third kappa shape index (κ3) is 2.49. The van der Waals surface area contributed by atoms with E-state index in [-0.39, 0.29) is 0 Å². The van der Waals surface area contributed by atoms with Gasteiger partial charge in [0, 0.05) is 13.1 Å². The zero-order valence-electron chi connectivity index (χ0n) is 9.01. The van der Waals surface area contributed by atoms with Gasteiger partial charge in [-0.1, -0.05) is 13.3 Å². The summed E-state index contributed by atoms with van der Waals surface area (Å²) in [5.41, 5.74) is 0. The Balaban J connectivity index is 2.76. The molecule has 0 spiro atoms. The highest BCUT2D eigenvalue weighted by molar-refractivity contribution is 7.90. The summed E-state index contributed by atoms with van der Waals surface area (Å²) in [5, 5.41) is 7.36. The van der Waals surface area contributed by atoms with Gasteiger partial charge in [-0.05, 0) is 19.3 Å². The lowest BCUT2D eigenvalue weighted by molar-refractivity contribution is -0.136. The fraction of sp³-hybridized carbons (Fsp3) is 0.889. The first-order valence-electron chi connectivity index (χ1n) is 5.11. The summed E-state index contributed by atoms with van der Waals surface area (Å²) in [4.78, 5) is 10.6. The van der Waals surface area contributed by atoms with Crippen LogP contribution in [0.1, 0.15) is 26.7 Å². The Morgan fingerprint density at radius 3 is 2.60 bits per heavy atom. The van der Waals surface area contributed by atoms with E-state index in [0.717, 1.165) is 12.8 Å². The molecule has 0 aromatic carbocycles. The number of hydrogen-bond acceptors (Lipinski definition) is 3. The van der Waals surface area contributed by atoms with Crippen LogP contribution in [0.25, 0.3) is 0 Å². The molecule has 88 valence electrons. The minimum atomic E-state index is -3.65. The van der Waals surface area contributed by atoms with Crippen LogP contribution < -0.4 is 0 Å². The van der Waals surface area contributed by atoms with E-state index in [0.29, 0.717) is 19.0 Å². The third-order valence-electron chi connectivity index (χ3n) is 2.98. The summed E-state index contributed by atoms with van der Waals surface area (Å²) in [6.45, 7) is 4.16.